The van der Waals surface area contributed by atoms with E-state index in [0.29, 0.717) is 12.1 Å². The fourth-order valence-electron chi connectivity index (χ4n) is 2.46. The van der Waals surface area contributed by atoms with Crippen LogP contribution in [0.4, 0.5) is 0 Å². The molecule has 0 fully saturated rings. The number of carbonyl (C=O) groups excluding carboxylic acids is 1. The van der Waals surface area contributed by atoms with Gasteiger partial charge in [-0.05, 0) is 37.1 Å². The first kappa shape index (κ1) is 19.7. The largest absolute Gasteiger partial charge is 0.480 e. The number of carbonyl (C=O) groups is 2. The summed E-state index contributed by atoms with van der Waals surface area (Å²) in [7, 11) is 0. The lowest BCUT2D eigenvalue weighted by atomic mass is 10.1. The van der Waals surface area contributed by atoms with Crippen LogP contribution in [0.2, 0.25) is 0 Å². The average molecular weight is 371 g/mol. The van der Waals surface area contributed by atoms with E-state index in [1.807, 2.05) is 6.07 Å². The van der Waals surface area contributed by atoms with Crippen LogP contribution >= 0.6 is 0 Å². The molecule has 1 heterocycles. The molecule has 1 atom stereocenters. The highest BCUT2D eigenvalue weighted by Crippen LogP contribution is 2.05. The van der Waals surface area contributed by atoms with Gasteiger partial charge in [-0.3, -0.25) is 19.1 Å². The van der Waals surface area contributed by atoms with Gasteiger partial charge in [0.2, 0.25) is 0 Å². The lowest BCUT2D eigenvalue weighted by Gasteiger charge is -2.14. The molecule has 0 saturated carbocycles. The van der Waals surface area contributed by atoms with Crippen LogP contribution in [0.3, 0.4) is 0 Å². The molecule has 2 aromatic rings. The Hall–Kier alpha value is -3.62. The van der Waals surface area contributed by atoms with Gasteiger partial charge in [0, 0.05) is 18.4 Å². The lowest BCUT2D eigenvalue weighted by Crippen LogP contribution is -2.43. The number of carboxylic acid groups (broad SMARTS) is 1. The Morgan fingerprint density at radius 2 is 1.85 bits per heavy atom. The number of aliphatic carboxylic acids is 1. The van der Waals surface area contributed by atoms with Crippen LogP contribution in [0.25, 0.3) is 5.69 Å². The van der Waals surface area contributed by atoms with E-state index in [1.165, 1.54) is 10.6 Å². The van der Waals surface area contributed by atoms with Gasteiger partial charge in [0.25, 0.3) is 11.5 Å². The number of nitrogens with two attached hydrogens (primary N) is 2. The third kappa shape index (κ3) is 5.43. The monoisotopic (exact) mass is 371 g/mol. The standard InChI is InChI=1S/C18H21N5O4/c19-18(20)21-10-4-9-14(17(26)27)22-15(24)13-8-5-11-23(16(13)25)12-6-2-1-3-7-12/h1-3,5-8,11,14H,4,9-10H2,(H,22,24)(H,26,27)(H4,19,20,21). The smallest absolute Gasteiger partial charge is 0.326 e. The predicted octanol–water partition coefficient (Wildman–Crippen LogP) is 0.0741. The number of para-hydroxylation sites is 1. The number of aromatic nitrogens is 1. The molecule has 0 bridgehead atoms. The van der Waals surface area contributed by atoms with Gasteiger partial charge in [-0.25, -0.2) is 4.79 Å². The summed E-state index contributed by atoms with van der Waals surface area (Å²) in [5, 5.41) is 11.7. The summed E-state index contributed by atoms with van der Waals surface area (Å²) in [6.45, 7) is 0.244. The molecule has 9 nitrogen and oxygen atoms in total. The van der Waals surface area contributed by atoms with Crippen LogP contribution in [0.15, 0.2) is 58.4 Å². The van der Waals surface area contributed by atoms with E-state index in [9.17, 15) is 19.5 Å². The summed E-state index contributed by atoms with van der Waals surface area (Å²) in [6, 6.07) is 10.6. The molecule has 0 aliphatic rings. The molecule has 9 heteroatoms. The molecule has 2 rings (SSSR count). The van der Waals surface area contributed by atoms with Gasteiger partial charge in [0.15, 0.2) is 5.96 Å². The summed E-state index contributed by atoms with van der Waals surface area (Å²) < 4.78 is 1.32. The molecule has 142 valence electrons. The van der Waals surface area contributed by atoms with Gasteiger partial charge in [0.1, 0.15) is 11.6 Å². The Kier molecular flexibility index (Phi) is 6.70. The SMILES string of the molecule is NC(N)=NCCCC(NC(=O)c1cccn(-c2ccccc2)c1=O)C(=O)O. The molecule has 0 aliphatic carbocycles. The fourth-order valence-corrected chi connectivity index (χ4v) is 2.46. The number of pyridine rings is 1. The van der Waals surface area contributed by atoms with Crippen molar-refractivity contribution in [3.05, 3.63) is 64.6 Å². The van der Waals surface area contributed by atoms with Crippen molar-refractivity contribution in [1.82, 2.24) is 9.88 Å². The zero-order valence-electron chi connectivity index (χ0n) is 14.5. The maximum Gasteiger partial charge on any atom is 0.326 e. The average Bonchev–Trinajstić information content (AvgIpc) is 2.64. The minimum absolute atomic E-state index is 0.0864. The first-order valence-corrected chi connectivity index (χ1v) is 8.26. The van der Waals surface area contributed by atoms with Gasteiger partial charge in [-0.15, -0.1) is 0 Å². The number of amides is 1. The summed E-state index contributed by atoms with van der Waals surface area (Å²) in [6.07, 6.45) is 2.02. The summed E-state index contributed by atoms with van der Waals surface area (Å²) in [5.41, 5.74) is 10.3. The van der Waals surface area contributed by atoms with Crippen molar-refractivity contribution in [3.8, 4) is 5.69 Å². The third-order valence-corrected chi connectivity index (χ3v) is 3.77. The number of nitrogens with one attached hydrogen (secondary N) is 1. The van der Waals surface area contributed by atoms with Crippen molar-refractivity contribution < 1.29 is 14.7 Å². The molecular weight excluding hydrogens is 350 g/mol. The number of hydrogen-bond acceptors (Lipinski definition) is 4. The van der Waals surface area contributed by atoms with E-state index < -0.39 is 23.5 Å². The van der Waals surface area contributed by atoms with E-state index in [2.05, 4.69) is 10.3 Å². The van der Waals surface area contributed by atoms with Crippen molar-refractivity contribution in [3.63, 3.8) is 0 Å². The first-order valence-electron chi connectivity index (χ1n) is 8.26. The summed E-state index contributed by atoms with van der Waals surface area (Å²) in [4.78, 5) is 40.2. The molecule has 1 unspecified atom stereocenters. The minimum atomic E-state index is -1.20. The second-order valence-corrected chi connectivity index (χ2v) is 5.75. The topological polar surface area (TPSA) is 153 Å². The highest BCUT2D eigenvalue weighted by atomic mass is 16.4. The zero-order valence-corrected chi connectivity index (χ0v) is 14.5. The van der Waals surface area contributed by atoms with Gasteiger partial charge < -0.3 is 21.9 Å². The van der Waals surface area contributed by atoms with Crippen molar-refractivity contribution in [1.29, 1.82) is 0 Å². The molecule has 1 aromatic heterocycles. The van der Waals surface area contributed by atoms with Crippen LogP contribution in [0, 0.1) is 0 Å². The van der Waals surface area contributed by atoms with Crippen LogP contribution in [0.5, 0.6) is 0 Å². The van der Waals surface area contributed by atoms with E-state index in [0.717, 1.165) is 0 Å². The summed E-state index contributed by atoms with van der Waals surface area (Å²) in [5.74, 6) is -2.04. The molecule has 1 amide bonds. The second kappa shape index (κ2) is 9.18. The number of rotatable bonds is 8. The first-order chi connectivity index (χ1) is 12.9. The fraction of sp³-hybridized carbons (Fsp3) is 0.222. The maximum absolute atomic E-state index is 12.6. The van der Waals surface area contributed by atoms with E-state index in [-0.39, 0.29) is 24.5 Å². The maximum atomic E-state index is 12.6. The number of carboxylic acids is 1. The van der Waals surface area contributed by atoms with Gasteiger partial charge in [-0.2, -0.15) is 0 Å². The Labute approximate surface area is 155 Å². The number of benzene rings is 1. The Balaban J connectivity index is 2.15. The molecule has 0 spiro atoms. The molecule has 6 N–H and O–H groups in total. The van der Waals surface area contributed by atoms with Gasteiger partial charge in [0.05, 0.1) is 0 Å². The van der Waals surface area contributed by atoms with Gasteiger partial charge in [-0.1, -0.05) is 18.2 Å². The quantitative estimate of drug-likeness (QED) is 0.293. The van der Waals surface area contributed by atoms with E-state index in [4.69, 9.17) is 11.5 Å². The second-order valence-electron chi connectivity index (χ2n) is 5.75. The predicted molar refractivity (Wildman–Crippen MR) is 101 cm³/mol. The summed E-state index contributed by atoms with van der Waals surface area (Å²) >= 11 is 0. The van der Waals surface area contributed by atoms with E-state index >= 15 is 0 Å². The van der Waals surface area contributed by atoms with E-state index in [1.54, 1.807) is 36.5 Å². The Bertz CT molecular complexity index is 888. The number of nitrogens with zero attached hydrogens (tertiary/aromatic N) is 2. The Morgan fingerprint density at radius 1 is 1.15 bits per heavy atom. The number of hydrogen-bond donors (Lipinski definition) is 4. The van der Waals surface area contributed by atoms with Crippen LogP contribution in [-0.4, -0.2) is 40.1 Å². The molecular formula is C18H21N5O4. The molecule has 27 heavy (non-hydrogen) atoms. The van der Waals surface area contributed by atoms with Gasteiger partial charge >= 0.3 is 5.97 Å². The highest BCUT2D eigenvalue weighted by molar-refractivity contribution is 5.96. The normalized spacial score (nSPS) is 11.4. The van der Waals surface area contributed by atoms with Crippen LogP contribution < -0.4 is 22.3 Å². The number of guanidine groups is 1. The Morgan fingerprint density at radius 3 is 2.48 bits per heavy atom. The zero-order chi connectivity index (χ0) is 19.8. The third-order valence-electron chi connectivity index (χ3n) is 3.77. The van der Waals surface area contributed by atoms with Crippen LogP contribution in [0.1, 0.15) is 23.2 Å². The lowest BCUT2D eigenvalue weighted by molar-refractivity contribution is -0.139. The highest BCUT2D eigenvalue weighted by Gasteiger charge is 2.22. The van der Waals surface area contributed by atoms with Crippen LogP contribution in [-0.2, 0) is 4.79 Å². The van der Waals surface area contributed by atoms with Crippen molar-refractivity contribution in [2.45, 2.75) is 18.9 Å². The van der Waals surface area contributed by atoms with Crippen molar-refractivity contribution >= 4 is 17.8 Å². The number of aliphatic imine (C=N–C) groups is 1. The van der Waals surface area contributed by atoms with Crippen molar-refractivity contribution in [2.75, 3.05) is 6.54 Å². The molecule has 0 saturated heterocycles. The molecule has 0 aliphatic heterocycles. The molecule has 0 radical (unpaired) electrons. The van der Waals surface area contributed by atoms with Crippen molar-refractivity contribution in [2.24, 2.45) is 16.5 Å². The molecule has 1 aromatic carbocycles. The minimum Gasteiger partial charge on any atom is -0.480 e.